The van der Waals surface area contributed by atoms with Crippen molar-refractivity contribution >= 4 is 21.8 Å². The van der Waals surface area contributed by atoms with Crippen molar-refractivity contribution in [2.45, 2.75) is 32.4 Å². The Balaban J connectivity index is 2.79. The minimum Gasteiger partial charge on any atom is -0.372 e. The summed E-state index contributed by atoms with van der Waals surface area (Å²) in [6.45, 7) is 3.78. The minimum atomic E-state index is -0.425. The number of halogens is 1. The number of ether oxygens (including phenoxy) is 1. The van der Waals surface area contributed by atoms with Crippen molar-refractivity contribution < 1.29 is 9.53 Å². The predicted octanol–water partition coefficient (Wildman–Crippen LogP) is 3.05. The first-order valence-electron chi connectivity index (χ1n) is 5.67. The normalized spacial score (nSPS) is 14.1. The molecule has 3 nitrogen and oxygen atoms in total. The second-order valence-corrected chi connectivity index (χ2v) is 4.72. The van der Waals surface area contributed by atoms with E-state index in [1.165, 1.54) is 7.11 Å². The quantitative estimate of drug-likeness (QED) is 0.907. The van der Waals surface area contributed by atoms with E-state index >= 15 is 0 Å². The summed E-state index contributed by atoms with van der Waals surface area (Å²) in [4.78, 5) is 11.8. The fourth-order valence-corrected chi connectivity index (χ4v) is 2.11. The number of nitrogens with one attached hydrogen (secondary N) is 1. The molecular weight excluding hydrogens is 282 g/mol. The van der Waals surface area contributed by atoms with Crippen LogP contribution in [0.25, 0.3) is 0 Å². The maximum atomic E-state index is 11.8. The largest absolute Gasteiger partial charge is 0.372 e. The molecule has 0 saturated heterocycles. The van der Waals surface area contributed by atoms with E-state index in [0.717, 1.165) is 16.5 Å². The molecule has 2 unspecified atom stereocenters. The zero-order valence-corrected chi connectivity index (χ0v) is 12.0. The van der Waals surface area contributed by atoms with E-state index in [2.05, 4.69) is 21.2 Å². The van der Waals surface area contributed by atoms with Gasteiger partial charge in [-0.25, -0.2) is 0 Å². The van der Waals surface area contributed by atoms with Crippen LogP contribution in [0, 0.1) is 0 Å². The number of carbonyl (C=O) groups excluding carboxylic acids is 1. The number of rotatable bonds is 5. The molecule has 1 rings (SSSR count). The van der Waals surface area contributed by atoms with E-state index in [1.54, 1.807) is 6.92 Å². The number of hydrogen-bond donors (Lipinski definition) is 1. The van der Waals surface area contributed by atoms with E-state index in [4.69, 9.17) is 4.74 Å². The first-order chi connectivity index (χ1) is 8.10. The van der Waals surface area contributed by atoms with Crippen LogP contribution in [0.2, 0.25) is 0 Å². The Morgan fingerprint density at radius 1 is 1.47 bits per heavy atom. The summed E-state index contributed by atoms with van der Waals surface area (Å²) < 4.78 is 6.01. The first-order valence-corrected chi connectivity index (χ1v) is 6.47. The number of methoxy groups -OCH3 is 1. The summed E-state index contributed by atoms with van der Waals surface area (Å²) in [5.41, 5.74) is 1.09. The van der Waals surface area contributed by atoms with Crippen molar-refractivity contribution in [1.82, 2.24) is 5.32 Å². The van der Waals surface area contributed by atoms with Gasteiger partial charge in [-0.15, -0.1) is 0 Å². The Morgan fingerprint density at radius 2 is 2.12 bits per heavy atom. The Kier molecular flexibility index (Phi) is 5.65. The molecule has 17 heavy (non-hydrogen) atoms. The molecule has 0 fully saturated rings. The van der Waals surface area contributed by atoms with E-state index in [1.807, 2.05) is 31.2 Å². The van der Waals surface area contributed by atoms with E-state index in [9.17, 15) is 4.79 Å². The Hall–Kier alpha value is -0.870. The molecule has 94 valence electrons. The molecule has 1 amide bonds. The van der Waals surface area contributed by atoms with Crippen LogP contribution in [-0.2, 0) is 9.53 Å². The molecule has 0 radical (unpaired) electrons. The second kappa shape index (κ2) is 6.77. The molecule has 0 aromatic heterocycles. The highest BCUT2D eigenvalue weighted by Crippen LogP contribution is 2.25. The lowest BCUT2D eigenvalue weighted by Gasteiger charge is -2.20. The third-order valence-corrected chi connectivity index (χ3v) is 3.45. The molecule has 0 spiro atoms. The monoisotopic (exact) mass is 299 g/mol. The molecule has 0 heterocycles. The predicted molar refractivity (Wildman–Crippen MR) is 71.8 cm³/mol. The van der Waals surface area contributed by atoms with E-state index < -0.39 is 6.10 Å². The van der Waals surface area contributed by atoms with Crippen LogP contribution in [0.1, 0.15) is 31.9 Å². The van der Waals surface area contributed by atoms with Crippen molar-refractivity contribution in [2.75, 3.05) is 7.11 Å². The summed E-state index contributed by atoms with van der Waals surface area (Å²) >= 11 is 3.50. The summed E-state index contributed by atoms with van der Waals surface area (Å²) in [6.07, 6.45) is 0.414. The summed E-state index contributed by atoms with van der Waals surface area (Å²) in [5, 5.41) is 2.98. The van der Waals surface area contributed by atoms with Gasteiger partial charge in [-0.1, -0.05) is 41.1 Å². The van der Waals surface area contributed by atoms with Crippen LogP contribution in [0.15, 0.2) is 28.7 Å². The van der Waals surface area contributed by atoms with Crippen LogP contribution in [0.3, 0.4) is 0 Å². The molecule has 1 aromatic carbocycles. The van der Waals surface area contributed by atoms with E-state index in [-0.39, 0.29) is 11.9 Å². The highest BCUT2D eigenvalue weighted by molar-refractivity contribution is 9.10. The molecule has 1 N–H and O–H groups in total. The zero-order chi connectivity index (χ0) is 12.8. The first kappa shape index (κ1) is 14.2. The minimum absolute atomic E-state index is 0.00988. The average Bonchev–Trinajstić information content (AvgIpc) is 2.35. The van der Waals surface area contributed by atoms with Crippen LogP contribution < -0.4 is 5.32 Å². The third-order valence-electron chi connectivity index (χ3n) is 2.73. The van der Waals surface area contributed by atoms with Crippen molar-refractivity contribution in [2.24, 2.45) is 0 Å². The van der Waals surface area contributed by atoms with E-state index in [0.29, 0.717) is 0 Å². The Bertz CT molecular complexity index is 381. The van der Waals surface area contributed by atoms with Gasteiger partial charge in [0.2, 0.25) is 5.91 Å². The lowest BCUT2D eigenvalue weighted by molar-refractivity contribution is -0.130. The molecular formula is C13H18BrNO2. The van der Waals surface area contributed by atoms with Crippen molar-refractivity contribution in [3.05, 3.63) is 34.3 Å². The topological polar surface area (TPSA) is 38.3 Å². The smallest absolute Gasteiger partial charge is 0.249 e. The van der Waals surface area contributed by atoms with Gasteiger partial charge in [0.1, 0.15) is 6.10 Å². The van der Waals surface area contributed by atoms with Gasteiger partial charge >= 0.3 is 0 Å². The molecule has 0 bridgehead atoms. The molecule has 0 aliphatic rings. The fraction of sp³-hybridized carbons (Fsp3) is 0.462. The lowest BCUT2D eigenvalue weighted by Crippen LogP contribution is -2.36. The molecule has 4 heteroatoms. The lowest BCUT2D eigenvalue weighted by atomic mass is 10.0. The fourth-order valence-electron chi connectivity index (χ4n) is 1.55. The Labute approximate surface area is 111 Å². The maximum Gasteiger partial charge on any atom is 0.249 e. The van der Waals surface area contributed by atoms with Gasteiger partial charge < -0.3 is 10.1 Å². The molecule has 0 aliphatic carbocycles. The van der Waals surface area contributed by atoms with Gasteiger partial charge in [-0.3, -0.25) is 4.79 Å². The highest BCUT2D eigenvalue weighted by Gasteiger charge is 2.18. The van der Waals surface area contributed by atoms with Gasteiger partial charge in [0.15, 0.2) is 0 Å². The molecule has 2 atom stereocenters. The van der Waals surface area contributed by atoms with Gasteiger partial charge in [-0.2, -0.15) is 0 Å². The number of hydrogen-bond acceptors (Lipinski definition) is 2. The SMILES string of the molecule is CCC(NC(=O)C(C)OC)c1ccccc1Br. The van der Waals surface area contributed by atoms with Crippen LogP contribution in [-0.4, -0.2) is 19.1 Å². The number of carbonyl (C=O) groups is 1. The van der Waals surface area contributed by atoms with Crippen molar-refractivity contribution in [1.29, 1.82) is 0 Å². The molecule has 0 saturated carbocycles. The van der Waals surface area contributed by atoms with Crippen molar-refractivity contribution in [3.63, 3.8) is 0 Å². The second-order valence-electron chi connectivity index (χ2n) is 3.87. The summed E-state index contributed by atoms with van der Waals surface area (Å²) in [7, 11) is 1.53. The zero-order valence-electron chi connectivity index (χ0n) is 10.4. The summed E-state index contributed by atoms with van der Waals surface area (Å²) in [5.74, 6) is -0.0879. The third kappa shape index (κ3) is 3.82. The highest BCUT2D eigenvalue weighted by atomic mass is 79.9. The number of amides is 1. The Morgan fingerprint density at radius 3 is 2.65 bits per heavy atom. The van der Waals surface area contributed by atoms with Gasteiger partial charge in [-0.05, 0) is 25.0 Å². The summed E-state index contributed by atoms with van der Waals surface area (Å²) in [6, 6.07) is 7.92. The van der Waals surface area contributed by atoms with Crippen LogP contribution in [0.4, 0.5) is 0 Å². The van der Waals surface area contributed by atoms with Gasteiger partial charge in [0, 0.05) is 11.6 Å². The van der Waals surface area contributed by atoms with Gasteiger partial charge in [0.25, 0.3) is 0 Å². The van der Waals surface area contributed by atoms with Gasteiger partial charge in [0.05, 0.1) is 6.04 Å². The average molecular weight is 300 g/mol. The van der Waals surface area contributed by atoms with Crippen LogP contribution in [0.5, 0.6) is 0 Å². The standard InChI is InChI=1S/C13H18BrNO2/c1-4-12(15-13(16)9(2)17-3)10-7-5-6-8-11(10)14/h5-9,12H,4H2,1-3H3,(H,15,16). The molecule has 1 aromatic rings. The maximum absolute atomic E-state index is 11.8. The van der Waals surface area contributed by atoms with Crippen LogP contribution >= 0.6 is 15.9 Å². The number of benzene rings is 1. The van der Waals surface area contributed by atoms with Crippen molar-refractivity contribution in [3.8, 4) is 0 Å². The molecule has 0 aliphatic heterocycles.